The van der Waals surface area contributed by atoms with E-state index in [0.717, 1.165) is 18.9 Å². The lowest BCUT2D eigenvalue weighted by Gasteiger charge is -2.12. The van der Waals surface area contributed by atoms with Gasteiger partial charge in [-0.25, -0.2) is 0 Å². The largest absolute Gasteiger partial charge is 0.394 e. The topological polar surface area (TPSA) is 29.5 Å². The molecule has 1 atom stereocenters. The lowest BCUT2D eigenvalue weighted by molar-refractivity contribution is 0.0818. The zero-order valence-corrected chi connectivity index (χ0v) is 8.38. The second-order valence-corrected chi connectivity index (χ2v) is 3.19. The van der Waals surface area contributed by atoms with E-state index in [1.54, 1.807) is 0 Å². The lowest BCUT2D eigenvalue weighted by Crippen LogP contribution is -2.06. The molecule has 0 fully saturated rings. The molecule has 0 saturated carbocycles. The molecule has 74 valence electrons. The molecule has 1 unspecified atom stereocenters. The maximum absolute atomic E-state index is 8.47. The van der Waals surface area contributed by atoms with Crippen LogP contribution in [0.25, 0.3) is 0 Å². The van der Waals surface area contributed by atoms with E-state index in [1.807, 2.05) is 0 Å². The van der Waals surface area contributed by atoms with Crippen LogP contribution in [0.15, 0.2) is 0 Å². The van der Waals surface area contributed by atoms with Gasteiger partial charge in [0, 0.05) is 6.61 Å². The molecule has 0 aromatic carbocycles. The lowest BCUT2D eigenvalue weighted by atomic mass is 9.98. The van der Waals surface area contributed by atoms with Crippen molar-refractivity contribution in [1.82, 2.24) is 0 Å². The Balaban J connectivity index is 3.19. The Hall–Kier alpha value is -0.0800. The Bertz CT molecular complexity index is 83.9. The second kappa shape index (κ2) is 9.01. The molecule has 0 aromatic heterocycles. The molecule has 1 N–H and O–H groups in total. The van der Waals surface area contributed by atoms with Crippen LogP contribution in [0.4, 0.5) is 0 Å². The standard InChI is InChI=1S/C10H22O2/c1-3-5-10(4-2)6-8-12-9-7-11/h10-11H,3-9H2,1-2H3. The number of hydrogen-bond donors (Lipinski definition) is 1. The third-order valence-electron chi connectivity index (χ3n) is 2.18. The summed E-state index contributed by atoms with van der Waals surface area (Å²) in [5.41, 5.74) is 0. The number of hydrogen-bond acceptors (Lipinski definition) is 2. The van der Waals surface area contributed by atoms with E-state index in [0.29, 0.717) is 6.61 Å². The Morgan fingerprint density at radius 1 is 1.17 bits per heavy atom. The van der Waals surface area contributed by atoms with Crippen LogP contribution in [0.2, 0.25) is 0 Å². The maximum atomic E-state index is 8.47. The minimum Gasteiger partial charge on any atom is -0.394 e. The maximum Gasteiger partial charge on any atom is 0.0697 e. The van der Waals surface area contributed by atoms with Crippen molar-refractivity contribution in [2.45, 2.75) is 39.5 Å². The molecule has 0 aromatic rings. The molecule has 0 heterocycles. The van der Waals surface area contributed by atoms with Gasteiger partial charge in [-0.2, -0.15) is 0 Å². The average molecular weight is 174 g/mol. The molecule has 0 spiro atoms. The SMILES string of the molecule is CCCC(CC)CCOCCO. The summed E-state index contributed by atoms with van der Waals surface area (Å²) in [4.78, 5) is 0. The van der Waals surface area contributed by atoms with E-state index in [2.05, 4.69) is 13.8 Å². The Morgan fingerprint density at radius 2 is 1.92 bits per heavy atom. The van der Waals surface area contributed by atoms with E-state index in [4.69, 9.17) is 9.84 Å². The zero-order valence-electron chi connectivity index (χ0n) is 8.38. The summed E-state index contributed by atoms with van der Waals surface area (Å²) in [5.74, 6) is 0.814. The van der Waals surface area contributed by atoms with Gasteiger partial charge in [-0.1, -0.05) is 33.1 Å². The molecular weight excluding hydrogens is 152 g/mol. The molecule has 2 nitrogen and oxygen atoms in total. The van der Waals surface area contributed by atoms with E-state index >= 15 is 0 Å². The first-order chi connectivity index (χ1) is 5.85. The van der Waals surface area contributed by atoms with Crippen LogP contribution in [-0.4, -0.2) is 24.9 Å². The van der Waals surface area contributed by atoms with Crippen molar-refractivity contribution >= 4 is 0 Å². The summed E-state index contributed by atoms with van der Waals surface area (Å²) >= 11 is 0. The highest BCUT2D eigenvalue weighted by molar-refractivity contribution is 4.55. The number of rotatable bonds is 8. The minimum absolute atomic E-state index is 0.143. The predicted octanol–water partition coefficient (Wildman–Crippen LogP) is 2.21. The summed E-state index contributed by atoms with van der Waals surface area (Å²) in [7, 11) is 0. The van der Waals surface area contributed by atoms with Gasteiger partial charge in [-0.05, 0) is 12.3 Å². The zero-order chi connectivity index (χ0) is 9.23. The molecule has 0 amide bonds. The summed E-state index contributed by atoms with van der Waals surface area (Å²) in [6.07, 6.45) is 4.96. The smallest absolute Gasteiger partial charge is 0.0697 e. The quantitative estimate of drug-likeness (QED) is 0.572. The normalized spacial score (nSPS) is 13.2. The van der Waals surface area contributed by atoms with Crippen molar-refractivity contribution in [2.75, 3.05) is 19.8 Å². The number of aliphatic hydroxyl groups is 1. The van der Waals surface area contributed by atoms with Crippen LogP contribution in [0.1, 0.15) is 39.5 Å². The van der Waals surface area contributed by atoms with Crippen molar-refractivity contribution in [2.24, 2.45) is 5.92 Å². The molecule has 0 rings (SSSR count). The highest BCUT2D eigenvalue weighted by Crippen LogP contribution is 2.14. The summed E-state index contributed by atoms with van der Waals surface area (Å²) < 4.78 is 5.21. The highest BCUT2D eigenvalue weighted by atomic mass is 16.5. The van der Waals surface area contributed by atoms with Crippen LogP contribution >= 0.6 is 0 Å². The fourth-order valence-electron chi connectivity index (χ4n) is 1.38. The van der Waals surface area contributed by atoms with Crippen LogP contribution in [0.3, 0.4) is 0 Å². The van der Waals surface area contributed by atoms with Crippen LogP contribution in [0.5, 0.6) is 0 Å². The fourth-order valence-corrected chi connectivity index (χ4v) is 1.38. The predicted molar refractivity (Wildman–Crippen MR) is 51.2 cm³/mol. The second-order valence-electron chi connectivity index (χ2n) is 3.19. The summed E-state index contributed by atoms with van der Waals surface area (Å²) in [6.45, 7) is 5.88. The first-order valence-corrected chi connectivity index (χ1v) is 5.03. The van der Waals surface area contributed by atoms with E-state index in [9.17, 15) is 0 Å². The average Bonchev–Trinajstić information content (AvgIpc) is 2.10. The molecule has 0 aliphatic rings. The van der Waals surface area contributed by atoms with Gasteiger partial charge in [0.15, 0.2) is 0 Å². The van der Waals surface area contributed by atoms with Crippen molar-refractivity contribution in [3.05, 3.63) is 0 Å². The van der Waals surface area contributed by atoms with Gasteiger partial charge in [-0.15, -0.1) is 0 Å². The fraction of sp³-hybridized carbons (Fsp3) is 1.00. The molecular formula is C10H22O2. The Kier molecular flexibility index (Phi) is 8.95. The molecule has 0 aliphatic carbocycles. The van der Waals surface area contributed by atoms with Crippen LogP contribution in [-0.2, 0) is 4.74 Å². The van der Waals surface area contributed by atoms with E-state index < -0.39 is 0 Å². The molecule has 12 heavy (non-hydrogen) atoms. The van der Waals surface area contributed by atoms with Gasteiger partial charge >= 0.3 is 0 Å². The van der Waals surface area contributed by atoms with Crippen LogP contribution < -0.4 is 0 Å². The van der Waals surface area contributed by atoms with E-state index in [1.165, 1.54) is 19.3 Å². The highest BCUT2D eigenvalue weighted by Gasteiger charge is 2.03. The van der Waals surface area contributed by atoms with Gasteiger partial charge < -0.3 is 9.84 Å². The van der Waals surface area contributed by atoms with Crippen molar-refractivity contribution < 1.29 is 9.84 Å². The third-order valence-corrected chi connectivity index (χ3v) is 2.18. The van der Waals surface area contributed by atoms with Gasteiger partial charge in [-0.3, -0.25) is 0 Å². The number of aliphatic hydroxyl groups excluding tert-OH is 1. The molecule has 2 heteroatoms. The van der Waals surface area contributed by atoms with Gasteiger partial charge in [0.25, 0.3) is 0 Å². The van der Waals surface area contributed by atoms with Crippen molar-refractivity contribution in [1.29, 1.82) is 0 Å². The van der Waals surface area contributed by atoms with Crippen molar-refractivity contribution in [3.63, 3.8) is 0 Å². The monoisotopic (exact) mass is 174 g/mol. The van der Waals surface area contributed by atoms with E-state index in [-0.39, 0.29) is 6.61 Å². The molecule has 0 saturated heterocycles. The first kappa shape index (κ1) is 11.9. The molecule has 0 bridgehead atoms. The first-order valence-electron chi connectivity index (χ1n) is 5.03. The summed E-state index contributed by atoms with van der Waals surface area (Å²) in [5, 5.41) is 8.47. The Morgan fingerprint density at radius 3 is 2.42 bits per heavy atom. The summed E-state index contributed by atoms with van der Waals surface area (Å²) in [6, 6.07) is 0. The van der Waals surface area contributed by atoms with Crippen molar-refractivity contribution in [3.8, 4) is 0 Å². The third kappa shape index (κ3) is 6.62. The van der Waals surface area contributed by atoms with Gasteiger partial charge in [0.2, 0.25) is 0 Å². The molecule has 0 radical (unpaired) electrons. The minimum atomic E-state index is 0.143. The van der Waals surface area contributed by atoms with Gasteiger partial charge in [0.05, 0.1) is 13.2 Å². The number of ether oxygens (including phenoxy) is 1. The van der Waals surface area contributed by atoms with Gasteiger partial charge in [0.1, 0.15) is 0 Å². The Labute approximate surface area is 75.9 Å². The van der Waals surface area contributed by atoms with Crippen LogP contribution in [0, 0.1) is 5.92 Å². The molecule has 0 aliphatic heterocycles.